The van der Waals surface area contributed by atoms with Crippen LogP contribution in [0.15, 0.2) is 0 Å². The minimum Gasteiger partial charge on any atom is -0.385 e. The van der Waals surface area contributed by atoms with Gasteiger partial charge in [0, 0.05) is 0 Å². The van der Waals surface area contributed by atoms with E-state index in [1.54, 1.807) is 0 Å². The number of hydrogen-bond donors (Lipinski definition) is 0. The molecular formula is C12H16F12O2Si. The third-order valence-corrected chi connectivity index (χ3v) is 5.10. The standard InChI is InChI=1S/C12H16F12O2Si/c1-5(9(15,16)7(13)11(19,20)21)25-27(3,4)26-6(2)10(17,18)8(14)12(22,23)24/h5-8H,1-4H3. The minimum atomic E-state index is -5.96. The third kappa shape index (κ3) is 6.69. The summed E-state index contributed by atoms with van der Waals surface area (Å²) in [5.74, 6) is -10.3. The van der Waals surface area contributed by atoms with E-state index in [0.717, 1.165) is 13.1 Å². The normalized spacial score (nSPS) is 19.6. The fourth-order valence-corrected chi connectivity index (χ4v) is 3.96. The van der Waals surface area contributed by atoms with Crippen molar-refractivity contribution in [2.45, 2.75) is 75.7 Å². The molecule has 0 rings (SSSR count). The van der Waals surface area contributed by atoms with Crippen LogP contribution in [-0.2, 0) is 8.85 Å². The van der Waals surface area contributed by atoms with Gasteiger partial charge >= 0.3 is 32.8 Å². The van der Waals surface area contributed by atoms with Gasteiger partial charge in [-0.05, 0) is 26.9 Å². The van der Waals surface area contributed by atoms with E-state index in [-0.39, 0.29) is 0 Å². The summed E-state index contributed by atoms with van der Waals surface area (Å²) in [7, 11) is -4.29. The second kappa shape index (κ2) is 7.97. The van der Waals surface area contributed by atoms with Crippen LogP contribution >= 0.6 is 0 Å². The van der Waals surface area contributed by atoms with Crippen molar-refractivity contribution in [1.29, 1.82) is 0 Å². The molecule has 0 aromatic heterocycles. The molecule has 0 spiro atoms. The lowest BCUT2D eigenvalue weighted by atomic mass is 10.1. The number of alkyl halides is 12. The average molecular weight is 448 g/mol. The summed E-state index contributed by atoms with van der Waals surface area (Å²) in [4.78, 5) is 0. The van der Waals surface area contributed by atoms with Gasteiger partial charge in [0.2, 0.25) is 0 Å². The highest BCUT2D eigenvalue weighted by atomic mass is 28.4. The zero-order chi connectivity index (χ0) is 22.2. The van der Waals surface area contributed by atoms with Gasteiger partial charge < -0.3 is 8.85 Å². The molecule has 0 N–H and O–H groups in total. The Bertz CT molecular complexity index is 448. The number of halogens is 12. The Balaban J connectivity index is 5.28. The van der Waals surface area contributed by atoms with E-state index >= 15 is 0 Å². The van der Waals surface area contributed by atoms with Crippen molar-refractivity contribution in [3.8, 4) is 0 Å². The topological polar surface area (TPSA) is 18.5 Å². The quantitative estimate of drug-likeness (QED) is 0.357. The first-order valence-corrected chi connectivity index (χ1v) is 9.91. The van der Waals surface area contributed by atoms with Crippen LogP contribution in [0.4, 0.5) is 52.7 Å². The van der Waals surface area contributed by atoms with Crippen molar-refractivity contribution < 1.29 is 61.5 Å². The largest absolute Gasteiger partial charge is 0.425 e. The Labute approximate surface area is 147 Å². The van der Waals surface area contributed by atoms with Gasteiger partial charge in [-0.1, -0.05) is 0 Å². The first-order chi connectivity index (χ1) is 11.6. The lowest BCUT2D eigenvalue weighted by Crippen LogP contribution is -2.56. The van der Waals surface area contributed by atoms with E-state index in [1.165, 1.54) is 0 Å². The Hall–Kier alpha value is -0.703. The highest BCUT2D eigenvalue weighted by molar-refractivity contribution is 6.64. The molecule has 164 valence electrons. The van der Waals surface area contributed by atoms with E-state index in [1.807, 2.05) is 0 Å². The molecule has 15 heteroatoms. The Morgan fingerprint density at radius 1 is 0.593 bits per heavy atom. The van der Waals surface area contributed by atoms with Crippen LogP contribution in [0.1, 0.15) is 13.8 Å². The molecule has 0 fully saturated rings. The summed E-state index contributed by atoms with van der Waals surface area (Å²) < 4.78 is 161. The minimum absolute atomic E-state index is 0.299. The SMILES string of the molecule is CC(O[Si](C)(C)OC(C)C(F)(F)C(F)C(F)(F)F)C(F)(F)C(F)C(F)(F)F. The first-order valence-electron chi connectivity index (χ1n) is 7.09. The summed E-state index contributed by atoms with van der Waals surface area (Å²) >= 11 is 0. The molecule has 0 heterocycles. The summed E-state index contributed by atoms with van der Waals surface area (Å²) in [5, 5.41) is 0. The van der Waals surface area contributed by atoms with Crippen molar-refractivity contribution >= 4 is 8.56 Å². The maximum absolute atomic E-state index is 13.5. The molecule has 0 bridgehead atoms. The highest BCUT2D eigenvalue weighted by Crippen LogP contribution is 2.41. The van der Waals surface area contributed by atoms with E-state index in [0.29, 0.717) is 13.8 Å². The Kier molecular flexibility index (Phi) is 7.76. The highest BCUT2D eigenvalue weighted by Gasteiger charge is 2.62. The predicted molar refractivity (Wildman–Crippen MR) is 70.4 cm³/mol. The molecule has 27 heavy (non-hydrogen) atoms. The van der Waals surface area contributed by atoms with Crippen LogP contribution in [0.25, 0.3) is 0 Å². The molecule has 2 nitrogen and oxygen atoms in total. The van der Waals surface area contributed by atoms with E-state index in [9.17, 15) is 52.7 Å². The molecule has 0 saturated carbocycles. The van der Waals surface area contributed by atoms with E-state index in [2.05, 4.69) is 8.85 Å². The van der Waals surface area contributed by atoms with Crippen molar-refractivity contribution in [1.82, 2.24) is 0 Å². The zero-order valence-corrected chi connectivity index (χ0v) is 15.2. The van der Waals surface area contributed by atoms with Crippen LogP contribution in [0.5, 0.6) is 0 Å². The van der Waals surface area contributed by atoms with Crippen LogP contribution in [-0.4, -0.2) is 57.3 Å². The van der Waals surface area contributed by atoms with Gasteiger partial charge in [-0.2, -0.15) is 26.3 Å². The maximum atomic E-state index is 13.5. The molecule has 0 amide bonds. The predicted octanol–water partition coefficient (Wildman–Crippen LogP) is 5.57. The van der Waals surface area contributed by atoms with Gasteiger partial charge in [-0.3, -0.25) is 0 Å². The smallest absolute Gasteiger partial charge is 0.385 e. The van der Waals surface area contributed by atoms with Crippen molar-refractivity contribution in [2.75, 3.05) is 0 Å². The van der Waals surface area contributed by atoms with Crippen LogP contribution < -0.4 is 0 Å². The lowest BCUT2D eigenvalue weighted by Gasteiger charge is -2.37. The van der Waals surface area contributed by atoms with Crippen molar-refractivity contribution in [3.63, 3.8) is 0 Å². The first kappa shape index (κ1) is 26.3. The van der Waals surface area contributed by atoms with E-state index < -0.39 is 57.3 Å². The number of hydrogen-bond acceptors (Lipinski definition) is 2. The van der Waals surface area contributed by atoms with Gasteiger partial charge in [0.15, 0.2) is 0 Å². The van der Waals surface area contributed by atoms with Crippen LogP contribution in [0.2, 0.25) is 13.1 Å². The molecule has 0 aromatic carbocycles. The second-order valence-corrected chi connectivity index (χ2v) is 9.35. The van der Waals surface area contributed by atoms with Gasteiger partial charge in [0.1, 0.15) is 12.2 Å². The van der Waals surface area contributed by atoms with Crippen molar-refractivity contribution in [3.05, 3.63) is 0 Å². The second-order valence-electron chi connectivity index (χ2n) is 6.08. The summed E-state index contributed by atoms with van der Waals surface area (Å²) in [6.07, 6.45) is -26.9. The van der Waals surface area contributed by atoms with Gasteiger partial charge in [-0.15, -0.1) is 0 Å². The summed E-state index contributed by atoms with van der Waals surface area (Å²) in [5.41, 5.74) is 0. The van der Waals surface area contributed by atoms with E-state index in [4.69, 9.17) is 0 Å². The molecule has 0 aliphatic carbocycles. The van der Waals surface area contributed by atoms with Gasteiger partial charge in [0.25, 0.3) is 12.3 Å². The lowest BCUT2D eigenvalue weighted by molar-refractivity contribution is -0.269. The molecule has 0 aliphatic heterocycles. The summed E-state index contributed by atoms with van der Waals surface area (Å²) in [6, 6.07) is 0. The number of rotatable bonds is 8. The fourth-order valence-electron chi connectivity index (χ4n) is 1.88. The molecule has 0 aromatic rings. The summed E-state index contributed by atoms with van der Waals surface area (Å²) in [6.45, 7) is 2.06. The average Bonchev–Trinajstić information content (AvgIpc) is 2.42. The molecule has 4 atom stereocenters. The molecule has 4 unspecified atom stereocenters. The third-order valence-electron chi connectivity index (χ3n) is 3.26. The fraction of sp³-hybridized carbons (Fsp3) is 1.00. The van der Waals surface area contributed by atoms with Crippen LogP contribution in [0, 0.1) is 0 Å². The Morgan fingerprint density at radius 3 is 1.00 bits per heavy atom. The zero-order valence-electron chi connectivity index (χ0n) is 14.2. The van der Waals surface area contributed by atoms with Crippen molar-refractivity contribution in [2.24, 2.45) is 0 Å². The molecule has 0 aliphatic rings. The van der Waals surface area contributed by atoms with Gasteiger partial charge in [-0.25, -0.2) is 26.3 Å². The molecule has 0 saturated heterocycles. The maximum Gasteiger partial charge on any atom is 0.425 e. The molecular weight excluding hydrogens is 432 g/mol. The molecule has 0 radical (unpaired) electrons. The Morgan fingerprint density at radius 2 is 0.815 bits per heavy atom. The van der Waals surface area contributed by atoms with Crippen LogP contribution in [0.3, 0.4) is 0 Å². The van der Waals surface area contributed by atoms with Gasteiger partial charge in [0.05, 0.1) is 0 Å². The monoisotopic (exact) mass is 448 g/mol.